The van der Waals surface area contributed by atoms with Gasteiger partial charge in [-0.2, -0.15) is 0 Å². The van der Waals surface area contributed by atoms with Crippen LogP contribution in [0.25, 0.3) is 0 Å². The van der Waals surface area contributed by atoms with Crippen LogP contribution >= 0.6 is 0 Å². The minimum Gasteiger partial charge on any atom is -0.550 e. The van der Waals surface area contributed by atoms with Gasteiger partial charge in [-0.05, 0) is 27.7 Å². The van der Waals surface area contributed by atoms with Gasteiger partial charge in [0.15, 0.2) is 0 Å². The Morgan fingerprint density at radius 1 is 0.680 bits per heavy atom. The molecular weight excluding hydrogens is 580 g/mol. The van der Waals surface area contributed by atoms with Crippen molar-refractivity contribution in [3.05, 3.63) is 15.3 Å². The van der Waals surface area contributed by atoms with Crippen molar-refractivity contribution in [3.63, 3.8) is 0 Å². The van der Waals surface area contributed by atoms with Gasteiger partial charge in [0.25, 0.3) is 0 Å². The number of carboxylic acid groups (broad SMARTS) is 4. The molecule has 0 aromatic rings. The molecule has 0 N–H and O–H groups in total. The van der Waals surface area contributed by atoms with E-state index in [9.17, 15) is 0 Å². The third-order valence-electron chi connectivity index (χ3n) is 0. The maximum absolute atomic E-state index is 8.89. The zero-order valence-corrected chi connectivity index (χ0v) is 26.3. The molecule has 0 saturated heterocycles. The molecule has 12 nitrogen and oxygen atoms in total. The number of aliphatic carboxylic acids is 4. The van der Waals surface area contributed by atoms with Gasteiger partial charge in [0.05, 0.1) is 5.09 Å². The van der Waals surface area contributed by atoms with Crippen LogP contribution in [0, 0.1) is 15.3 Å². The number of carbonyl (C=O) groups is 4. The standard InChI is InChI=1S/4C2H4O2.Ca.K.Mg.NO3.Rh.Sr/c4*1-2(3)4;;;;2-1(3)4;;/h4*1H3,(H,3,4);;;;;;/q;;;;+2;+1;+2;-1;+3;+2/p-4. The molecule has 0 aromatic carbocycles. The van der Waals surface area contributed by atoms with E-state index in [1.807, 2.05) is 0 Å². The molecular formula is C8H12CaKMgNO11RhSr+5. The molecule has 0 rings (SSSR count). The van der Waals surface area contributed by atoms with Crippen LogP contribution < -0.4 is 71.8 Å². The van der Waals surface area contributed by atoms with Gasteiger partial charge >= 0.3 is 177 Å². The fraction of sp³-hybridized carbons (Fsp3) is 0.500. The van der Waals surface area contributed by atoms with Gasteiger partial charge in [0, 0.05) is 23.9 Å². The molecule has 0 aliphatic rings. The van der Waals surface area contributed by atoms with Gasteiger partial charge in [0.1, 0.15) is 0 Å². The summed E-state index contributed by atoms with van der Waals surface area (Å²) in [7, 11) is 0. The van der Waals surface area contributed by atoms with Crippen LogP contribution in [0.3, 0.4) is 0 Å². The van der Waals surface area contributed by atoms with Gasteiger partial charge in [0.2, 0.25) is 0 Å². The first kappa shape index (κ1) is 63.0. The van der Waals surface area contributed by atoms with E-state index in [0.29, 0.717) is 0 Å². The van der Waals surface area contributed by atoms with E-state index in [0.717, 1.165) is 27.7 Å². The Balaban J connectivity index is -0.0000000134. The van der Waals surface area contributed by atoms with Crippen molar-refractivity contribution in [2.24, 2.45) is 0 Å². The molecule has 126 valence electrons. The van der Waals surface area contributed by atoms with E-state index in [-0.39, 0.29) is 177 Å². The zero-order valence-electron chi connectivity index (χ0n) is 14.4. The molecule has 0 aliphatic carbocycles. The first-order valence-corrected chi connectivity index (χ1v) is 4.18. The van der Waals surface area contributed by atoms with Crippen LogP contribution in [0.4, 0.5) is 0 Å². The summed E-state index contributed by atoms with van der Waals surface area (Å²) < 4.78 is 0. The van der Waals surface area contributed by atoms with E-state index < -0.39 is 29.0 Å². The van der Waals surface area contributed by atoms with Crippen LogP contribution in [-0.4, -0.2) is 135 Å². The van der Waals surface area contributed by atoms with Crippen LogP contribution in [0.1, 0.15) is 27.7 Å². The Labute approximate surface area is 282 Å². The molecule has 0 fully saturated rings. The number of hydrogen-bond donors (Lipinski definition) is 0. The van der Waals surface area contributed by atoms with Crippen molar-refractivity contribution < 1.29 is 116 Å². The maximum Gasteiger partial charge on any atom is 3.00 e. The molecule has 17 heteroatoms. The Morgan fingerprint density at radius 3 is 0.680 bits per heavy atom. The second kappa shape index (κ2) is 56.3. The molecule has 0 bridgehead atoms. The van der Waals surface area contributed by atoms with E-state index in [2.05, 4.69) is 0 Å². The summed E-state index contributed by atoms with van der Waals surface area (Å²) in [5.41, 5.74) is 0. The van der Waals surface area contributed by atoms with E-state index >= 15 is 0 Å². The van der Waals surface area contributed by atoms with Crippen molar-refractivity contribution in [1.29, 1.82) is 0 Å². The molecule has 0 aromatic heterocycles. The molecule has 0 heterocycles. The second-order valence-electron chi connectivity index (χ2n) is 2.19. The molecule has 0 amide bonds. The molecule has 0 unspecified atom stereocenters. The van der Waals surface area contributed by atoms with Crippen LogP contribution in [0.15, 0.2) is 0 Å². The largest absolute Gasteiger partial charge is 3.00 e. The Bertz CT molecular complexity index is 239. The third-order valence-corrected chi connectivity index (χ3v) is 0. The fourth-order valence-electron chi connectivity index (χ4n) is 0. The van der Waals surface area contributed by atoms with E-state index in [1.165, 1.54) is 0 Å². The van der Waals surface area contributed by atoms with Crippen molar-refractivity contribution in [3.8, 4) is 0 Å². The maximum atomic E-state index is 8.89. The van der Waals surface area contributed by atoms with E-state index in [1.54, 1.807) is 0 Å². The fourth-order valence-corrected chi connectivity index (χ4v) is 0. The molecule has 25 heavy (non-hydrogen) atoms. The molecule has 0 saturated carbocycles. The minimum atomic E-state index is -1.75. The summed E-state index contributed by atoms with van der Waals surface area (Å²) in [4.78, 5) is 43.8. The van der Waals surface area contributed by atoms with Crippen LogP contribution in [0.5, 0.6) is 0 Å². The molecule has 0 atom stereocenters. The third kappa shape index (κ3) is 2050. The predicted octanol–water partition coefficient (Wildman–Crippen LogP) is -9.36. The average molecular weight is 592 g/mol. The number of carbonyl (C=O) groups excluding carboxylic acids is 4. The van der Waals surface area contributed by atoms with Gasteiger partial charge in [-0.3, -0.25) is 0 Å². The number of nitrogens with zero attached hydrogens (tertiary/aromatic N) is 1. The number of rotatable bonds is 0. The normalized spacial score (nSPS) is 4.96. The topological polar surface area (TPSA) is 227 Å². The van der Waals surface area contributed by atoms with Crippen molar-refractivity contribution >= 4 is 130 Å². The van der Waals surface area contributed by atoms with Gasteiger partial charge in [-0.15, -0.1) is 0 Å². The summed E-state index contributed by atoms with van der Waals surface area (Å²) in [5.74, 6) is -4.33. The smallest absolute Gasteiger partial charge is 0.550 e. The second-order valence-corrected chi connectivity index (χ2v) is 2.19. The van der Waals surface area contributed by atoms with Crippen molar-refractivity contribution in [2.45, 2.75) is 27.7 Å². The number of carboxylic acids is 4. The first-order valence-electron chi connectivity index (χ1n) is 4.18. The molecule has 0 spiro atoms. The zero-order chi connectivity index (χ0) is 17.9. The average Bonchev–Trinajstić information content (AvgIpc) is 1.94. The SMILES string of the molecule is CC(=O)[O-].CC(=O)[O-].CC(=O)[O-].CC(=O)[O-].O=[N+]([O-])[O-].[Ca+2].[K+].[Mg+2].[Rh+3].[Sr+2]. The minimum absolute atomic E-state index is 0. The van der Waals surface area contributed by atoms with Crippen LogP contribution in [0.2, 0.25) is 0 Å². The summed E-state index contributed by atoms with van der Waals surface area (Å²) >= 11 is 0. The monoisotopic (exact) mass is 592 g/mol. The molecule has 0 radical (unpaired) electrons. The van der Waals surface area contributed by atoms with Gasteiger partial charge < -0.3 is 54.9 Å². The Kier molecular flexibility index (Phi) is 142. The van der Waals surface area contributed by atoms with Gasteiger partial charge in [-0.25, -0.2) is 0 Å². The Morgan fingerprint density at radius 2 is 0.680 bits per heavy atom. The number of hydrogen-bond acceptors (Lipinski definition) is 11. The Hall–Kier alpha value is 2.85. The predicted molar refractivity (Wildman–Crippen MR) is 70.3 cm³/mol. The quantitative estimate of drug-likeness (QED) is 0.146. The van der Waals surface area contributed by atoms with Gasteiger partial charge in [-0.1, -0.05) is 0 Å². The summed E-state index contributed by atoms with van der Waals surface area (Å²) in [6, 6.07) is 0. The first-order chi connectivity index (χ1) is 8.66. The van der Waals surface area contributed by atoms with E-state index in [4.69, 9.17) is 54.9 Å². The van der Waals surface area contributed by atoms with Crippen molar-refractivity contribution in [1.82, 2.24) is 0 Å². The van der Waals surface area contributed by atoms with Crippen molar-refractivity contribution in [2.75, 3.05) is 0 Å². The summed E-state index contributed by atoms with van der Waals surface area (Å²) in [6.07, 6.45) is 0. The van der Waals surface area contributed by atoms with Crippen LogP contribution in [-0.2, 0) is 38.7 Å². The summed E-state index contributed by atoms with van der Waals surface area (Å²) in [5, 5.41) is 50.3. The summed E-state index contributed by atoms with van der Waals surface area (Å²) in [6.45, 7) is 3.89. The molecule has 0 aliphatic heterocycles.